The third-order valence-electron chi connectivity index (χ3n) is 4.28. The fourth-order valence-electron chi connectivity index (χ4n) is 3.22. The van der Waals surface area contributed by atoms with Crippen molar-refractivity contribution in [1.29, 1.82) is 0 Å². The second-order valence-corrected chi connectivity index (χ2v) is 6.69. The van der Waals surface area contributed by atoms with Crippen LogP contribution in [0.5, 0.6) is 0 Å². The Labute approximate surface area is 164 Å². The summed E-state index contributed by atoms with van der Waals surface area (Å²) < 4.78 is 0. The zero-order chi connectivity index (χ0) is 16.9. The van der Waals surface area contributed by atoms with Crippen LogP contribution in [-0.2, 0) is 9.59 Å². The molecule has 7 nitrogen and oxygen atoms in total. The molecule has 0 unspecified atom stereocenters. The predicted octanol–water partition coefficient (Wildman–Crippen LogP) is -3.82. The Morgan fingerprint density at radius 2 is 2.12 bits per heavy atom. The summed E-state index contributed by atoms with van der Waals surface area (Å²) in [5.74, 6) is -2.67. The van der Waals surface area contributed by atoms with E-state index in [1.54, 1.807) is 12.1 Å². The summed E-state index contributed by atoms with van der Waals surface area (Å²) >= 11 is 1.17. The van der Waals surface area contributed by atoms with Gasteiger partial charge in [0.15, 0.2) is 0 Å². The van der Waals surface area contributed by atoms with Crippen LogP contribution >= 0.6 is 11.3 Å². The van der Waals surface area contributed by atoms with E-state index in [2.05, 4.69) is 5.32 Å². The van der Waals surface area contributed by atoms with E-state index >= 15 is 0 Å². The van der Waals surface area contributed by atoms with E-state index in [9.17, 15) is 24.6 Å². The van der Waals surface area contributed by atoms with Crippen LogP contribution in [-0.4, -0.2) is 47.0 Å². The van der Waals surface area contributed by atoms with Gasteiger partial charge in [-0.1, -0.05) is 0 Å². The number of thiophene rings is 1. The van der Waals surface area contributed by atoms with Gasteiger partial charge in [-0.2, -0.15) is 0 Å². The minimum Gasteiger partial charge on any atom is -0.543 e. The Balaban J connectivity index is 0.00000208. The molecule has 3 rings (SSSR count). The average molecular weight is 358 g/mol. The molecule has 2 N–H and O–H groups in total. The van der Waals surface area contributed by atoms with Gasteiger partial charge in [0, 0.05) is 11.9 Å². The Hall–Kier alpha value is -1.19. The van der Waals surface area contributed by atoms with Crippen LogP contribution in [0.1, 0.15) is 27.9 Å². The largest absolute Gasteiger partial charge is 1.00 e. The van der Waals surface area contributed by atoms with Crippen LogP contribution in [0.3, 0.4) is 0 Å². The molecule has 1 aromatic heterocycles. The molecule has 122 valence electrons. The number of carboxylic acids is 1. The minimum atomic E-state index is -1.42. The Morgan fingerprint density at radius 1 is 1.46 bits per heavy atom. The van der Waals surface area contributed by atoms with Crippen molar-refractivity contribution in [2.45, 2.75) is 25.5 Å². The number of carbonyl (C=O) groups excluding carboxylic acids is 3. The molecule has 0 saturated carbocycles. The molecule has 1 saturated heterocycles. The number of β-lactam (4-membered cyclic amide) rings is 1. The molecule has 0 aromatic carbocycles. The third-order valence-corrected chi connectivity index (χ3v) is 5.42. The van der Waals surface area contributed by atoms with Crippen LogP contribution in [0.25, 0.3) is 5.57 Å². The second-order valence-electron chi connectivity index (χ2n) is 5.60. The van der Waals surface area contributed by atoms with Gasteiger partial charge in [-0.25, -0.2) is 0 Å². The Bertz CT molecular complexity index is 742. The van der Waals surface area contributed by atoms with E-state index in [4.69, 9.17) is 0 Å². The van der Waals surface area contributed by atoms with Gasteiger partial charge < -0.3 is 25.2 Å². The first-order valence-electron chi connectivity index (χ1n) is 7.14. The zero-order valence-corrected chi connectivity index (χ0v) is 16.3. The first-order valence-corrected chi connectivity index (χ1v) is 7.96. The number of rotatable bonds is 4. The molecule has 0 aliphatic carbocycles. The van der Waals surface area contributed by atoms with Crippen molar-refractivity contribution in [3.05, 3.63) is 27.6 Å². The molecule has 2 aliphatic heterocycles. The Morgan fingerprint density at radius 3 is 2.67 bits per heavy atom. The monoisotopic (exact) mass is 358 g/mol. The zero-order valence-electron chi connectivity index (χ0n) is 13.5. The van der Waals surface area contributed by atoms with Gasteiger partial charge in [0.05, 0.1) is 34.6 Å². The summed E-state index contributed by atoms with van der Waals surface area (Å²) in [4.78, 5) is 37.5. The number of carboxylic acid groups (broad SMARTS) is 1. The molecule has 3 heterocycles. The number of hydrogen-bond donors (Lipinski definition) is 2. The van der Waals surface area contributed by atoms with Gasteiger partial charge in [-0.15, -0.1) is 11.3 Å². The SMILES string of the molecule is CNC(=O)c1ccc(C2=C(C(=O)[O-])N3C(=O)[C@H]([C@@H](C)O)[C@H]3C2)s1.[Na+]. The first kappa shape index (κ1) is 19.1. The number of aliphatic hydroxyl groups excluding tert-OH is 1. The fourth-order valence-corrected chi connectivity index (χ4v) is 4.23. The topological polar surface area (TPSA) is 110 Å². The number of aliphatic hydroxyl groups is 1. The molecule has 0 spiro atoms. The summed E-state index contributed by atoms with van der Waals surface area (Å²) in [6.45, 7) is 1.52. The van der Waals surface area contributed by atoms with Crippen molar-refractivity contribution >= 4 is 34.7 Å². The van der Waals surface area contributed by atoms with Crippen LogP contribution in [0.2, 0.25) is 0 Å². The van der Waals surface area contributed by atoms with Crippen LogP contribution < -0.4 is 40.0 Å². The van der Waals surface area contributed by atoms with Gasteiger partial charge in [-0.3, -0.25) is 9.59 Å². The maximum Gasteiger partial charge on any atom is 1.00 e. The average Bonchev–Trinajstić information content (AvgIpc) is 3.08. The minimum absolute atomic E-state index is 0. The molecule has 24 heavy (non-hydrogen) atoms. The number of amides is 2. The van der Waals surface area contributed by atoms with E-state index in [0.29, 0.717) is 21.7 Å². The third kappa shape index (κ3) is 2.82. The molecule has 9 heteroatoms. The van der Waals surface area contributed by atoms with Gasteiger partial charge in [-0.05, 0) is 31.1 Å². The number of fused-ring (bicyclic) bond motifs is 1. The molecule has 0 radical (unpaired) electrons. The Kier molecular flexibility index (Phi) is 5.56. The summed E-state index contributed by atoms with van der Waals surface area (Å²) in [5, 5.41) is 23.7. The number of nitrogens with zero attached hydrogens (tertiary/aromatic N) is 1. The van der Waals surface area contributed by atoms with E-state index in [0.717, 1.165) is 0 Å². The van der Waals surface area contributed by atoms with Gasteiger partial charge >= 0.3 is 29.6 Å². The molecule has 3 atom stereocenters. The van der Waals surface area contributed by atoms with Crippen molar-refractivity contribution in [3.63, 3.8) is 0 Å². The summed E-state index contributed by atoms with van der Waals surface area (Å²) in [6.07, 6.45) is -0.505. The van der Waals surface area contributed by atoms with E-state index < -0.39 is 23.9 Å². The van der Waals surface area contributed by atoms with Crippen LogP contribution in [0, 0.1) is 5.92 Å². The van der Waals surface area contributed by atoms with Crippen LogP contribution in [0.15, 0.2) is 17.8 Å². The summed E-state index contributed by atoms with van der Waals surface area (Å²) in [7, 11) is 1.51. The molecular formula is C15H15N2NaO5S. The smallest absolute Gasteiger partial charge is 0.543 e. The normalized spacial score (nSPS) is 23.3. The maximum atomic E-state index is 12.1. The van der Waals surface area contributed by atoms with E-state index in [1.165, 1.54) is 30.2 Å². The van der Waals surface area contributed by atoms with Gasteiger partial charge in [0.25, 0.3) is 5.91 Å². The van der Waals surface area contributed by atoms with Gasteiger partial charge in [0.1, 0.15) is 0 Å². The number of carbonyl (C=O) groups is 3. The standard InChI is InChI=1S/C15H16N2O5S.Na/c1-6(18)11-8-5-7(12(15(21)22)17(8)14(11)20)9-3-4-10(23-9)13(19)16-2;/h3-4,6,8,11,18H,5H2,1-2H3,(H,16,19)(H,21,22);/q;+1/p-1/t6-,8-,11-;/m1./s1. The van der Waals surface area contributed by atoms with Crippen LogP contribution in [0.4, 0.5) is 0 Å². The van der Waals surface area contributed by atoms with E-state index in [1.807, 2.05) is 0 Å². The molecular weight excluding hydrogens is 343 g/mol. The molecule has 2 aliphatic rings. The van der Waals surface area contributed by atoms with Gasteiger partial charge in [0.2, 0.25) is 5.91 Å². The molecule has 2 amide bonds. The summed E-state index contributed by atoms with van der Waals surface area (Å²) in [6, 6.07) is 2.92. The molecule has 0 bridgehead atoms. The number of nitrogens with one attached hydrogen (secondary N) is 1. The first-order chi connectivity index (χ1) is 10.9. The van der Waals surface area contributed by atoms with Crippen molar-refractivity contribution in [3.8, 4) is 0 Å². The molecule has 1 aromatic rings. The molecule has 1 fully saturated rings. The number of hydrogen-bond acceptors (Lipinski definition) is 6. The van der Waals surface area contributed by atoms with Crippen molar-refractivity contribution < 1.29 is 54.2 Å². The maximum absolute atomic E-state index is 12.1. The summed E-state index contributed by atoms with van der Waals surface area (Å²) in [5.41, 5.74) is 0.328. The van der Waals surface area contributed by atoms with E-state index in [-0.39, 0.29) is 47.2 Å². The second kappa shape index (κ2) is 6.97. The predicted molar refractivity (Wildman–Crippen MR) is 80.1 cm³/mol. The quantitative estimate of drug-likeness (QED) is 0.424. The van der Waals surface area contributed by atoms with Crippen molar-refractivity contribution in [2.75, 3.05) is 7.05 Å². The van der Waals surface area contributed by atoms with Crippen molar-refractivity contribution in [2.24, 2.45) is 5.92 Å². The van der Waals surface area contributed by atoms with Crippen molar-refractivity contribution in [1.82, 2.24) is 10.2 Å². The fraction of sp³-hybridized carbons (Fsp3) is 0.400. The number of aliphatic carboxylic acids is 1.